The molecule has 1 fully saturated rings. The van der Waals surface area contributed by atoms with Gasteiger partial charge in [-0.25, -0.2) is 22.0 Å². The zero-order valence-corrected chi connectivity index (χ0v) is 14.1. The van der Waals surface area contributed by atoms with Gasteiger partial charge in [0, 0.05) is 43.9 Å². The molecular formula is C17H12F5N3O3. The molecule has 0 bridgehead atoms. The standard InChI is InChI=1S/C17H12F5N3O3/c18-11-12(19)14(21)16(15(22)13(11)20)23-4-6-24(7-5-23)17(26)9-2-1-3-10(8-9)25(27)28/h1-3,8H,4-7H2. The van der Waals surface area contributed by atoms with Crippen molar-refractivity contribution in [3.63, 3.8) is 0 Å². The zero-order valence-electron chi connectivity index (χ0n) is 14.1. The normalized spacial score (nSPS) is 14.3. The van der Waals surface area contributed by atoms with E-state index in [1.54, 1.807) is 0 Å². The summed E-state index contributed by atoms with van der Waals surface area (Å²) in [5, 5.41) is 10.8. The Morgan fingerprint density at radius 2 is 1.43 bits per heavy atom. The van der Waals surface area contributed by atoms with Gasteiger partial charge in [-0.15, -0.1) is 0 Å². The second-order valence-corrected chi connectivity index (χ2v) is 6.01. The Hall–Kier alpha value is -3.24. The molecule has 0 spiro atoms. The van der Waals surface area contributed by atoms with Crippen molar-refractivity contribution >= 4 is 17.3 Å². The van der Waals surface area contributed by atoms with E-state index in [-0.39, 0.29) is 37.4 Å². The van der Waals surface area contributed by atoms with Gasteiger partial charge in [-0.1, -0.05) is 6.07 Å². The van der Waals surface area contributed by atoms with Crippen LogP contribution in [0.5, 0.6) is 0 Å². The molecule has 148 valence electrons. The fourth-order valence-electron chi connectivity index (χ4n) is 2.94. The average Bonchev–Trinajstić information content (AvgIpc) is 2.71. The molecule has 3 rings (SSSR count). The Kier molecular flexibility index (Phi) is 5.16. The zero-order chi connectivity index (χ0) is 20.6. The Morgan fingerprint density at radius 3 is 1.96 bits per heavy atom. The maximum absolute atomic E-state index is 13.9. The number of nitro groups is 1. The lowest BCUT2D eigenvalue weighted by Gasteiger charge is -2.36. The molecular weight excluding hydrogens is 389 g/mol. The van der Waals surface area contributed by atoms with Gasteiger partial charge >= 0.3 is 0 Å². The fraction of sp³-hybridized carbons (Fsp3) is 0.235. The summed E-state index contributed by atoms with van der Waals surface area (Å²) in [6.45, 7) is -0.500. The Bertz CT molecular complexity index is 932. The third-order valence-electron chi connectivity index (χ3n) is 4.37. The largest absolute Gasteiger partial charge is 0.363 e. The molecule has 11 heteroatoms. The minimum Gasteiger partial charge on any atom is -0.363 e. The number of nitro benzene ring substituents is 1. The van der Waals surface area contributed by atoms with Crippen LogP contribution in [0, 0.1) is 39.2 Å². The molecule has 6 nitrogen and oxygen atoms in total. The second kappa shape index (κ2) is 7.41. The van der Waals surface area contributed by atoms with E-state index in [9.17, 15) is 36.9 Å². The highest BCUT2D eigenvalue weighted by Crippen LogP contribution is 2.31. The van der Waals surface area contributed by atoms with Gasteiger partial charge in [0.05, 0.1) is 4.92 Å². The van der Waals surface area contributed by atoms with Gasteiger partial charge in [0.15, 0.2) is 23.3 Å². The van der Waals surface area contributed by atoms with E-state index < -0.39 is 45.6 Å². The minimum absolute atomic E-state index is 0.0545. The van der Waals surface area contributed by atoms with Crippen molar-refractivity contribution < 1.29 is 31.7 Å². The molecule has 1 saturated heterocycles. The van der Waals surface area contributed by atoms with Crippen LogP contribution in [0.15, 0.2) is 24.3 Å². The Morgan fingerprint density at radius 1 is 0.893 bits per heavy atom. The first-order valence-corrected chi connectivity index (χ1v) is 8.02. The number of piperazine rings is 1. The third-order valence-corrected chi connectivity index (χ3v) is 4.37. The summed E-state index contributed by atoms with van der Waals surface area (Å²) >= 11 is 0. The average molecular weight is 401 g/mol. The van der Waals surface area contributed by atoms with Crippen molar-refractivity contribution in [2.24, 2.45) is 0 Å². The maximum Gasteiger partial charge on any atom is 0.270 e. The summed E-state index contributed by atoms with van der Waals surface area (Å²) in [6, 6.07) is 5.04. The Labute approximate surface area is 154 Å². The number of anilines is 1. The van der Waals surface area contributed by atoms with Crippen molar-refractivity contribution in [1.82, 2.24) is 4.90 Å². The van der Waals surface area contributed by atoms with E-state index in [1.807, 2.05) is 0 Å². The van der Waals surface area contributed by atoms with Crippen molar-refractivity contribution in [3.8, 4) is 0 Å². The van der Waals surface area contributed by atoms with Crippen LogP contribution in [0.25, 0.3) is 0 Å². The molecule has 0 aliphatic carbocycles. The molecule has 0 aromatic heterocycles. The van der Waals surface area contributed by atoms with Gasteiger partial charge in [0.2, 0.25) is 5.82 Å². The van der Waals surface area contributed by atoms with Crippen LogP contribution < -0.4 is 4.90 Å². The van der Waals surface area contributed by atoms with Crippen LogP contribution in [0.1, 0.15) is 10.4 Å². The lowest BCUT2D eigenvalue weighted by molar-refractivity contribution is -0.384. The van der Waals surface area contributed by atoms with Crippen LogP contribution in [-0.2, 0) is 0 Å². The minimum atomic E-state index is -2.24. The van der Waals surface area contributed by atoms with Crippen molar-refractivity contribution in [2.75, 3.05) is 31.1 Å². The molecule has 0 atom stereocenters. The van der Waals surface area contributed by atoms with Crippen molar-refractivity contribution in [2.45, 2.75) is 0 Å². The summed E-state index contributed by atoms with van der Waals surface area (Å²) in [5.74, 6) is -10.7. The van der Waals surface area contributed by atoms with Crippen molar-refractivity contribution in [3.05, 3.63) is 69.0 Å². The maximum atomic E-state index is 13.9. The van der Waals surface area contributed by atoms with Crippen LogP contribution >= 0.6 is 0 Å². The number of halogens is 5. The third kappa shape index (κ3) is 3.35. The summed E-state index contributed by atoms with van der Waals surface area (Å²) in [6.07, 6.45) is 0. The quantitative estimate of drug-likeness (QED) is 0.260. The number of hydrogen-bond acceptors (Lipinski definition) is 4. The van der Waals surface area contributed by atoms with E-state index in [0.29, 0.717) is 0 Å². The van der Waals surface area contributed by atoms with Gasteiger partial charge in [-0.3, -0.25) is 14.9 Å². The van der Waals surface area contributed by atoms with Crippen LogP contribution in [0.2, 0.25) is 0 Å². The van der Waals surface area contributed by atoms with Gasteiger partial charge in [0.1, 0.15) is 5.69 Å². The number of rotatable bonds is 3. The molecule has 1 amide bonds. The smallest absolute Gasteiger partial charge is 0.270 e. The lowest BCUT2D eigenvalue weighted by atomic mass is 10.1. The highest BCUT2D eigenvalue weighted by molar-refractivity contribution is 5.95. The fourth-order valence-corrected chi connectivity index (χ4v) is 2.94. The van der Waals surface area contributed by atoms with E-state index in [2.05, 4.69) is 0 Å². The van der Waals surface area contributed by atoms with E-state index in [1.165, 1.54) is 23.1 Å². The SMILES string of the molecule is O=C(c1cccc([N+](=O)[O-])c1)N1CCN(c2c(F)c(F)c(F)c(F)c2F)CC1. The number of nitrogens with zero attached hydrogens (tertiary/aromatic N) is 3. The van der Waals surface area contributed by atoms with Crippen molar-refractivity contribution in [1.29, 1.82) is 0 Å². The predicted molar refractivity (Wildman–Crippen MR) is 87.4 cm³/mol. The number of carbonyl (C=O) groups excluding carboxylic acids is 1. The molecule has 2 aromatic carbocycles. The van der Waals surface area contributed by atoms with E-state index in [0.717, 1.165) is 11.0 Å². The lowest BCUT2D eigenvalue weighted by Crippen LogP contribution is -2.49. The summed E-state index contributed by atoms with van der Waals surface area (Å²) in [7, 11) is 0. The molecule has 28 heavy (non-hydrogen) atoms. The topological polar surface area (TPSA) is 66.7 Å². The molecule has 1 aliphatic heterocycles. The highest BCUT2D eigenvalue weighted by atomic mass is 19.2. The molecule has 1 heterocycles. The van der Waals surface area contributed by atoms with Crippen LogP contribution in [0.3, 0.4) is 0 Å². The molecule has 0 N–H and O–H groups in total. The number of hydrogen-bond donors (Lipinski definition) is 0. The monoisotopic (exact) mass is 401 g/mol. The van der Waals surface area contributed by atoms with Crippen LogP contribution in [-0.4, -0.2) is 41.9 Å². The first-order chi connectivity index (χ1) is 13.2. The molecule has 1 aliphatic rings. The summed E-state index contributed by atoms with van der Waals surface area (Å²) in [4.78, 5) is 24.9. The second-order valence-electron chi connectivity index (χ2n) is 6.01. The highest BCUT2D eigenvalue weighted by Gasteiger charge is 2.31. The van der Waals surface area contributed by atoms with Gasteiger partial charge < -0.3 is 9.80 Å². The van der Waals surface area contributed by atoms with Gasteiger partial charge in [0.25, 0.3) is 11.6 Å². The van der Waals surface area contributed by atoms with E-state index in [4.69, 9.17) is 0 Å². The summed E-state index contributed by atoms with van der Waals surface area (Å²) < 4.78 is 67.8. The number of amides is 1. The van der Waals surface area contributed by atoms with Gasteiger partial charge in [-0.2, -0.15) is 0 Å². The first-order valence-electron chi connectivity index (χ1n) is 8.02. The number of non-ortho nitro benzene ring substituents is 1. The first kappa shape index (κ1) is 19.5. The van der Waals surface area contributed by atoms with E-state index >= 15 is 0 Å². The van der Waals surface area contributed by atoms with Gasteiger partial charge in [-0.05, 0) is 6.07 Å². The number of carbonyl (C=O) groups is 1. The number of benzene rings is 2. The Balaban J connectivity index is 1.78. The summed E-state index contributed by atoms with van der Waals surface area (Å²) in [5.41, 5.74) is -1.26. The molecule has 2 aromatic rings. The predicted octanol–water partition coefficient (Wildman–Crippen LogP) is 3.25. The molecule has 0 unspecified atom stereocenters. The van der Waals surface area contributed by atoms with Crippen LogP contribution in [0.4, 0.5) is 33.3 Å². The molecule has 0 radical (unpaired) electrons. The molecule has 0 saturated carbocycles.